The van der Waals surface area contributed by atoms with E-state index in [9.17, 15) is 13.6 Å². The molecule has 0 unspecified atom stereocenters. The molecule has 2 N–H and O–H groups in total. The van der Waals surface area contributed by atoms with Gasteiger partial charge in [0.05, 0.1) is 17.3 Å². The third kappa shape index (κ3) is 2.31. The second-order valence-electron chi connectivity index (χ2n) is 4.47. The average molecular weight is 285 g/mol. The molecule has 0 spiro atoms. The van der Waals surface area contributed by atoms with Gasteiger partial charge in [0.1, 0.15) is 0 Å². The fraction of sp³-hybridized carbons (Fsp3) is 0. The molecule has 0 radical (unpaired) electrons. The van der Waals surface area contributed by atoms with Gasteiger partial charge in [-0.1, -0.05) is 6.07 Å². The molecule has 4 nitrogen and oxygen atoms in total. The number of carbonyl (C=O) groups excluding carboxylic acids is 1. The normalized spacial score (nSPS) is 10.8. The van der Waals surface area contributed by atoms with Crippen LogP contribution in [-0.4, -0.2) is 15.9 Å². The molecule has 0 aliphatic rings. The van der Waals surface area contributed by atoms with E-state index in [-0.39, 0.29) is 5.56 Å². The van der Waals surface area contributed by atoms with Crippen molar-refractivity contribution in [3.05, 3.63) is 60.1 Å². The van der Waals surface area contributed by atoms with Gasteiger partial charge >= 0.3 is 0 Å². The van der Waals surface area contributed by atoms with E-state index < -0.39 is 17.5 Å². The number of hydrogen-bond acceptors (Lipinski definition) is 3. The Bertz CT molecular complexity index is 865. The summed E-state index contributed by atoms with van der Waals surface area (Å²) in [5.74, 6) is -2.50. The van der Waals surface area contributed by atoms with Crippen LogP contribution in [0, 0.1) is 11.6 Å². The minimum Gasteiger partial charge on any atom is -0.366 e. The van der Waals surface area contributed by atoms with Crippen molar-refractivity contribution in [2.45, 2.75) is 0 Å². The number of fused-ring (bicyclic) bond motifs is 1. The van der Waals surface area contributed by atoms with Gasteiger partial charge in [-0.05, 0) is 23.8 Å². The summed E-state index contributed by atoms with van der Waals surface area (Å²) < 4.78 is 26.4. The van der Waals surface area contributed by atoms with Gasteiger partial charge in [-0.15, -0.1) is 0 Å². The van der Waals surface area contributed by atoms with Crippen molar-refractivity contribution in [2.75, 3.05) is 0 Å². The molecule has 3 aromatic rings. The highest BCUT2D eigenvalue weighted by Crippen LogP contribution is 2.28. The van der Waals surface area contributed by atoms with E-state index in [4.69, 9.17) is 5.73 Å². The first-order chi connectivity index (χ1) is 10.1. The Morgan fingerprint density at radius 2 is 1.86 bits per heavy atom. The lowest BCUT2D eigenvalue weighted by Gasteiger charge is -2.07. The molecule has 104 valence electrons. The molecule has 0 atom stereocenters. The maximum absolute atomic E-state index is 13.4. The van der Waals surface area contributed by atoms with Gasteiger partial charge in [-0.3, -0.25) is 14.8 Å². The minimum absolute atomic E-state index is 0.234. The SMILES string of the molecule is NC(=O)c1cnc2cncc(-c3ccc(F)c(F)c3)c2c1. The van der Waals surface area contributed by atoms with Crippen molar-refractivity contribution in [3.63, 3.8) is 0 Å². The molecule has 6 heteroatoms. The van der Waals surface area contributed by atoms with Crippen molar-refractivity contribution in [2.24, 2.45) is 5.73 Å². The molecule has 3 rings (SSSR count). The minimum atomic E-state index is -0.955. The maximum atomic E-state index is 13.4. The third-order valence-corrected chi connectivity index (χ3v) is 3.12. The van der Waals surface area contributed by atoms with Crippen LogP contribution in [0.1, 0.15) is 10.4 Å². The Morgan fingerprint density at radius 1 is 1.05 bits per heavy atom. The van der Waals surface area contributed by atoms with Crippen LogP contribution in [0.4, 0.5) is 8.78 Å². The Hall–Kier alpha value is -2.89. The number of nitrogens with two attached hydrogens (primary N) is 1. The summed E-state index contributed by atoms with van der Waals surface area (Å²) in [6.45, 7) is 0. The first-order valence-electron chi connectivity index (χ1n) is 6.05. The van der Waals surface area contributed by atoms with E-state index in [0.717, 1.165) is 12.1 Å². The fourth-order valence-corrected chi connectivity index (χ4v) is 2.07. The van der Waals surface area contributed by atoms with Crippen LogP contribution in [0.2, 0.25) is 0 Å². The van der Waals surface area contributed by atoms with Gasteiger partial charge in [-0.2, -0.15) is 0 Å². The molecule has 0 saturated heterocycles. The Labute approximate surface area is 118 Å². The standard InChI is InChI=1S/C15H9F2N3O/c16-12-2-1-8(4-13(12)17)11-6-19-7-14-10(11)3-9(5-20-14)15(18)21/h1-7H,(H2,18,21). The van der Waals surface area contributed by atoms with Crippen molar-refractivity contribution < 1.29 is 13.6 Å². The predicted molar refractivity (Wildman–Crippen MR) is 73.4 cm³/mol. The highest BCUT2D eigenvalue weighted by molar-refractivity contribution is 6.00. The van der Waals surface area contributed by atoms with Crippen LogP contribution in [-0.2, 0) is 0 Å². The van der Waals surface area contributed by atoms with E-state index in [1.807, 2.05) is 0 Å². The molecule has 0 aliphatic heterocycles. The lowest BCUT2D eigenvalue weighted by molar-refractivity contribution is 0.1000. The molecule has 21 heavy (non-hydrogen) atoms. The van der Waals surface area contributed by atoms with E-state index in [2.05, 4.69) is 9.97 Å². The summed E-state index contributed by atoms with van der Waals surface area (Å²) >= 11 is 0. The molecule has 2 aromatic heterocycles. The van der Waals surface area contributed by atoms with E-state index >= 15 is 0 Å². The topological polar surface area (TPSA) is 68.9 Å². The quantitative estimate of drug-likeness (QED) is 0.787. The second kappa shape index (κ2) is 4.90. The highest BCUT2D eigenvalue weighted by Gasteiger charge is 2.11. The summed E-state index contributed by atoms with van der Waals surface area (Å²) in [6.07, 6.45) is 4.37. The summed E-state index contributed by atoms with van der Waals surface area (Å²) in [6, 6.07) is 5.10. The van der Waals surface area contributed by atoms with Crippen LogP contribution in [0.3, 0.4) is 0 Å². The first-order valence-corrected chi connectivity index (χ1v) is 6.05. The van der Waals surface area contributed by atoms with E-state index in [1.165, 1.54) is 24.7 Å². The number of aromatic nitrogens is 2. The molecular weight excluding hydrogens is 276 g/mol. The summed E-state index contributed by atoms with van der Waals surface area (Å²) in [5.41, 5.74) is 6.98. The maximum Gasteiger partial charge on any atom is 0.250 e. The molecule has 0 saturated carbocycles. The number of amides is 1. The number of rotatable bonds is 2. The number of nitrogens with zero attached hydrogens (tertiary/aromatic N) is 2. The van der Waals surface area contributed by atoms with Gasteiger partial charge in [0.15, 0.2) is 11.6 Å². The third-order valence-electron chi connectivity index (χ3n) is 3.12. The van der Waals surface area contributed by atoms with Crippen LogP contribution in [0.15, 0.2) is 42.9 Å². The monoisotopic (exact) mass is 285 g/mol. The number of hydrogen-bond donors (Lipinski definition) is 1. The number of carbonyl (C=O) groups is 1. The number of benzene rings is 1. The Kier molecular flexibility index (Phi) is 3.06. The van der Waals surface area contributed by atoms with Crippen molar-refractivity contribution in [3.8, 4) is 11.1 Å². The van der Waals surface area contributed by atoms with Crippen LogP contribution in [0.5, 0.6) is 0 Å². The first kappa shape index (κ1) is 13.1. The van der Waals surface area contributed by atoms with E-state index in [0.29, 0.717) is 22.0 Å². The number of halogens is 2. The molecular formula is C15H9F2N3O. The molecule has 0 aliphatic carbocycles. The fourth-order valence-electron chi connectivity index (χ4n) is 2.07. The summed E-state index contributed by atoms with van der Waals surface area (Å²) in [7, 11) is 0. The Morgan fingerprint density at radius 3 is 2.57 bits per heavy atom. The van der Waals surface area contributed by atoms with E-state index in [1.54, 1.807) is 6.07 Å². The van der Waals surface area contributed by atoms with Gasteiger partial charge < -0.3 is 5.73 Å². The average Bonchev–Trinajstić information content (AvgIpc) is 2.49. The number of pyridine rings is 2. The zero-order valence-corrected chi connectivity index (χ0v) is 10.7. The van der Waals surface area contributed by atoms with Crippen LogP contribution >= 0.6 is 0 Å². The molecule has 2 heterocycles. The lowest BCUT2D eigenvalue weighted by atomic mass is 10.0. The smallest absolute Gasteiger partial charge is 0.250 e. The zero-order valence-electron chi connectivity index (χ0n) is 10.7. The van der Waals surface area contributed by atoms with Gasteiger partial charge in [-0.25, -0.2) is 8.78 Å². The predicted octanol–water partition coefficient (Wildman–Crippen LogP) is 2.67. The molecule has 1 amide bonds. The summed E-state index contributed by atoms with van der Waals surface area (Å²) in [5, 5.41) is 0.590. The summed E-state index contributed by atoms with van der Waals surface area (Å²) in [4.78, 5) is 19.4. The van der Waals surface area contributed by atoms with Crippen molar-refractivity contribution >= 4 is 16.8 Å². The largest absolute Gasteiger partial charge is 0.366 e. The number of primary amides is 1. The van der Waals surface area contributed by atoms with Crippen molar-refractivity contribution in [1.82, 2.24) is 9.97 Å². The molecule has 1 aromatic carbocycles. The zero-order chi connectivity index (χ0) is 15.0. The van der Waals surface area contributed by atoms with Gasteiger partial charge in [0, 0.05) is 23.3 Å². The molecule has 0 fully saturated rings. The van der Waals surface area contributed by atoms with Crippen LogP contribution < -0.4 is 5.73 Å². The Balaban J connectivity index is 2.28. The van der Waals surface area contributed by atoms with Crippen LogP contribution in [0.25, 0.3) is 22.0 Å². The lowest BCUT2D eigenvalue weighted by Crippen LogP contribution is -2.11. The molecule has 0 bridgehead atoms. The van der Waals surface area contributed by atoms with Gasteiger partial charge in [0.2, 0.25) is 5.91 Å². The highest BCUT2D eigenvalue weighted by atomic mass is 19.2. The van der Waals surface area contributed by atoms with Crippen molar-refractivity contribution in [1.29, 1.82) is 0 Å². The second-order valence-corrected chi connectivity index (χ2v) is 4.47. The van der Waals surface area contributed by atoms with Gasteiger partial charge in [0.25, 0.3) is 0 Å².